The van der Waals surface area contributed by atoms with E-state index in [1.54, 1.807) is 19.0 Å². The minimum atomic E-state index is -0.489. The number of nitrogens with zero attached hydrogens (tertiary/aromatic N) is 2. The number of pyridine rings is 1. The molecule has 1 N–H and O–H groups in total. The number of aromatic nitrogens is 1. The van der Waals surface area contributed by atoms with Gasteiger partial charge in [-0.05, 0) is 18.9 Å². The lowest BCUT2D eigenvalue weighted by atomic mass is 10.1. The summed E-state index contributed by atoms with van der Waals surface area (Å²) in [7, 11) is 3.45. The maximum absolute atomic E-state index is 13.2. The van der Waals surface area contributed by atoms with Crippen molar-refractivity contribution in [1.29, 1.82) is 0 Å². The molecule has 1 fully saturated rings. The maximum Gasteiger partial charge on any atom is 0.257 e. The average Bonchev–Trinajstić information content (AvgIpc) is 2.90. The average molecular weight is 251 g/mol. The summed E-state index contributed by atoms with van der Waals surface area (Å²) in [5.41, 5.74) is 0.298. The molecule has 1 amide bonds. The Morgan fingerprint density at radius 3 is 2.78 bits per heavy atom. The second kappa shape index (κ2) is 5.33. The molecule has 5 heteroatoms. The molecule has 1 aliphatic rings. The molecule has 98 valence electrons. The molecule has 1 heterocycles. The highest BCUT2D eigenvalue weighted by atomic mass is 19.1. The summed E-state index contributed by atoms with van der Waals surface area (Å²) in [5.74, 6) is -0.235. The number of amides is 1. The van der Waals surface area contributed by atoms with Crippen LogP contribution < -0.4 is 5.32 Å². The molecule has 1 saturated carbocycles. The third-order valence-corrected chi connectivity index (χ3v) is 3.51. The Bertz CT molecular complexity index is 444. The van der Waals surface area contributed by atoms with Crippen molar-refractivity contribution in [1.82, 2.24) is 9.88 Å². The first-order valence-corrected chi connectivity index (χ1v) is 6.24. The first-order chi connectivity index (χ1) is 8.63. The lowest BCUT2D eigenvalue weighted by Crippen LogP contribution is -2.35. The number of hydrogen-bond donors (Lipinski definition) is 1. The van der Waals surface area contributed by atoms with Crippen LogP contribution in [0.4, 0.5) is 10.2 Å². The van der Waals surface area contributed by atoms with Gasteiger partial charge in [-0.1, -0.05) is 12.8 Å². The predicted molar refractivity (Wildman–Crippen MR) is 68.1 cm³/mol. The molecule has 0 aliphatic heterocycles. The molecule has 1 aromatic rings. The maximum atomic E-state index is 13.2. The normalized spacial score (nSPS) is 15.7. The van der Waals surface area contributed by atoms with Gasteiger partial charge in [0.05, 0.1) is 11.8 Å². The molecule has 18 heavy (non-hydrogen) atoms. The molecule has 1 aromatic heterocycles. The molecule has 0 atom stereocenters. The van der Waals surface area contributed by atoms with Crippen LogP contribution in [-0.2, 0) is 0 Å². The van der Waals surface area contributed by atoms with Crippen molar-refractivity contribution >= 4 is 11.7 Å². The standard InChI is InChI=1S/C13H18FN3O/c1-15-12-11(7-9(14)8-16-12)13(18)17(2)10-5-3-4-6-10/h7-8,10H,3-6H2,1-2H3,(H,15,16). The number of nitrogens with one attached hydrogen (secondary N) is 1. The van der Waals surface area contributed by atoms with E-state index in [1.807, 2.05) is 0 Å². The Hall–Kier alpha value is -1.65. The van der Waals surface area contributed by atoms with Gasteiger partial charge in [0.25, 0.3) is 5.91 Å². The van der Waals surface area contributed by atoms with Crippen LogP contribution in [0.25, 0.3) is 0 Å². The zero-order valence-electron chi connectivity index (χ0n) is 10.7. The molecule has 1 aliphatic carbocycles. The molecular weight excluding hydrogens is 233 g/mol. The molecular formula is C13H18FN3O. The van der Waals surface area contributed by atoms with Crippen LogP contribution in [0.2, 0.25) is 0 Å². The van der Waals surface area contributed by atoms with Crippen molar-refractivity contribution in [3.63, 3.8) is 0 Å². The van der Waals surface area contributed by atoms with Crippen molar-refractivity contribution in [3.05, 3.63) is 23.6 Å². The van der Waals surface area contributed by atoms with E-state index < -0.39 is 5.82 Å². The number of carbonyl (C=O) groups is 1. The van der Waals surface area contributed by atoms with Crippen LogP contribution >= 0.6 is 0 Å². The van der Waals surface area contributed by atoms with Crippen molar-refractivity contribution in [2.24, 2.45) is 0 Å². The number of rotatable bonds is 3. The second-order valence-electron chi connectivity index (χ2n) is 4.65. The van der Waals surface area contributed by atoms with Gasteiger partial charge in [0.2, 0.25) is 0 Å². The molecule has 0 aromatic carbocycles. The zero-order valence-corrected chi connectivity index (χ0v) is 10.7. The SMILES string of the molecule is CNc1ncc(F)cc1C(=O)N(C)C1CCCC1. The molecule has 0 radical (unpaired) electrons. The molecule has 4 nitrogen and oxygen atoms in total. The highest BCUT2D eigenvalue weighted by Gasteiger charge is 2.26. The van der Waals surface area contributed by atoms with Crippen LogP contribution in [0.15, 0.2) is 12.3 Å². The Morgan fingerprint density at radius 2 is 2.17 bits per heavy atom. The summed E-state index contributed by atoms with van der Waals surface area (Å²) in [4.78, 5) is 17.9. The van der Waals surface area contributed by atoms with E-state index in [2.05, 4.69) is 10.3 Å². The van der Waals surface area contributed by atoms with E-state index in [-0.39, 0.29) is 11.9 Å². The van der Waals surface area contributed by atoms with Gasteiger partial charge in [-0.3, -0.25) is 4.79 Å². The topological polar surface area (TPSA) is 45.2 Å². The largest absolute Gasteiger partial charge is 0.372 e. The monoisotopic (exact) mass is 251 g/mol. The lowest BCUT2D eigenvalue weighted by Gasteiger charge is -2.25. The Morgan fingerprint density at radius 1 is 1.50 bits per heavy atom. The summed E-state index contributed by atoms with van der Waals surface area (Å²) in [6.45, 7) is 0. The van der Waals surface area contributed by atoms with Crippen LogP contribution in [0.1, 0.15) is 36.0 Å². The van der Waals surface area contributed by atoms with Gasteiger partial charge in [0.15, 0.2) is 0 Å². The van der Waals surface area contributed by atoms with E-state index in [9.17, 15) is 9.18 Å². The molecule has 2 rings (SSSR count). The van der Waals surface area contributed by atoms with Crippen molar-refractivity contribution in [2.45, 2.75) is 31.7 Å². The summed E-state index contributed by atoms with van der Waals surface area (Å²) < 4.78 is 13.2. The molecule has 0 bridgehead atoms. The van der Waals surface area contributed by atoms with E-state index in [1.165, 1.54) is 6.07 Å². The first kappa shape index (κ1) is 12.8. The van der Waals surface area contributed by atoms with Crippen LogP contribution in [0.3, 0.4) is 0 Å². The van der Waals surface area contributed by atoms with Crippen LogP contribution in [0.5, 0.6) is 0 Å². The number of anilines is 1. The highest BCUT2D eigenvalue weighted by molar-refractivity contribution is 5.98. The fourth-order valence-corrected chi connectivity index (χ4v) is 2.45. The minimum absolute atomic E-state index is 0.168. The first-order valence-electron chi connectivity index (χ1n) is 6.24. The number of halogens is 1. The van der Waals surface area contributed by atoms with Gasteiger partial charge in [0, 0.05) is 20.1 Å². The number of carbonyl (C=O) groups excluding carboxylic acids is 1. The summed E-state index contributed by atoms with van der Waals surface area (Å²) in [5, 5.41) is 2.82. The van der Waals surface area contributed by atoms with Crippen LogP contribution in [-0.4, -0.2) is 35.9 Å². The Labute approximate surface area is 106 Å². The summed E-state index contributed by atoms with van der Waals surface area (Å²) >= 11 is 0. The summed E-state index contributed by atoms with van der Waals surface area (Å²) in [6, 6.07) is 1.51. The van der Waals surface area contributed by atoms with Gasteiger partial charge in [-0.25, -0.2) is 9.37 Å². The smallest absolute Gasteiger partial charge is 0.257 e. The Kier molecular flexibility index (Phi) is 3.79. The highest BCUT2D eigenvalue weighted by Crippen LogP contribution is 2.25. The lowest BCUT2D eigenvalue weighted by molar-refractivity contribution is 0.0735. The van der Waals surface area contributed by atoms with Crippen LogP contribution in [0, 0.1) is 5.82 Å². The van der Waals surface area contributed by atoms with Crippen molar-refractivity contribution in [3.8, 4) is 0 Å². The minimum Gasteiger partial charge on any atom is -0.372 e. The summed E-state index contributed by atoms with van der Waals surface area (Å²) in [6.07, 6.45) is 5.48. The molecule has 0 spiro atoms. The van der Waals surface area contributed by atoms with Gasteiger partial charge in [0.1, 0.15) is 11.6 Å². The van der Waals surface area contributed by atoms with E-state index in [0.29, 0.717) is 11.4 Å². The predicted octanol–water partition coefficient (Wildman–Crippen LogP) is 2.28. The fraction of sp³-hybridized carbons (Fsp3) is 0.538. The van der Waals surface area contributed by atoms with E-state index in [4.69, 9.17) is 0 Å². The second-order valence-corrected chi connectivity index (χ2v) is 4.65. The van der Waals surface area contributed by atoms with Gasteiger partial charge in [-0.15, -0.1) is 0 Å². The molecule has 0 unspecified atom stereocenters. The molecule has 0 saturated heterocycles. The van der Waals surface area contributed by atoms with E-state index in [0.717, 1.165) is 31.9 Å². The number of hydrogen-bond acceptors (Lipinski definition) is 3. The Balaban J connectivity index is 2.24. The van der Waals surface area contributed by atoms with Crippen molar-refractivity contribution < 1.29 is 9.18 Å². The third-order valence-electron chi connectivity index (χ3n) is 3.51. The van der Waals surface area contributed by atoms with Gasteiger partial charge in [-0.2, -0.15) is 0 Å². The quantitative estimate of drug-likeness (QED) is 0.896. The third kappa shape index (κ3) is 2.44. The fourth-order valence-electron chi connectivity index (χ4n) is 2.45. The van der Waals surface area contributed by atoms with E-state index >= 15 is 0 Å². The van der Waals surface area contributed by atoms with Gasteiger partial charge >= 0.3 is 0 Å². The van der Waals surface area contributed by atoms with Gasteiger partial charge < -0.3 is 10.2 Å². The van der Waals surface area contributed by atoms with Crippen molar-refractivity contribution in [2.75, 3.05) is 19.4 Å². The zero-order chi connectivity index (χ0) is 13.1.